The summed E-state index contributed by atoms with van der Waals surface area (Å²) in [7, 11) is 0. The Bertz CT molecular complexity index is 762. The van der Waals surface area contributed by atoms with Crippen LogP contribution < -0.4 is 15.5 Å². The Hall–Kier alpha value is -1.42. The van der Waals surface area contributed by atoms with Crippen LogP contribution in [-0.2, 0) is 13.0 Å². The lowest BCUT2D eigenvalue weighted by Crippen LogP contribution is -2.38. The maximum atomic E-state index is 4.72. The van der Waals surface area contributed by atoms with E-state index < -0.39 is 0 Å². The summed E-state index contributed by atoms with van der Waals surface area (Å²) >= 11 is 1.78. The van der Waals surface area contributed by atoms with Gasteiger partial charge in [-0.05, 0) is 45.2 Å². The normalized spacial score (nSPS) is 14.8. The fourth-order valence-corrected chi connectivity index (χ4v) is 4.38. The molecule has 1 aliphatic heterocycles. The molecule has 1 aliphatic rings. The predicted molar refractivity (Wildman–Crippen MR) is 138 cm³/mol. The number of anilines is 1. The molecule has 0 amide bonds. The Labute approximate surface area is 202 Å². The van der Waals surface area contributed by atoms with Crippen molar-refractivity contribution in [2.75, 3.05) is 31.1 Å². The Balaban J connectivity index is 0.00000320. The number of aromatic nitrogens is 2. The largest absolute Gasteiger partial charge is 0.357 e. The predicted octanol–water partition coefficient (Wildman–Crippen LogP) is 4.45. The van der Waals surface area contributed by atoms with Crippen LogP contribution >= 0.6 is 35.3 Å². The molecule has 1 saturated heterocycles. The Morgan fingerprint density at radius 3 is 2.50 bits per heavy atom. The summed E-state index contributed by atoms with van der Waals surface area (Å²) < 4.78 is 0. The van der Waals surface area contributed by atoms with Crippen LogP contribution in [0.15, 0.2) is 23.3 Å². The SMILES string of the molecule is CCNC(=NCc1ccc(N2CCCCCC2)nc1)NCCc1nc(C)c(C)s1.I. The number of hydrogen-bond acceptors (Lipinski definition) is 5. The monoisotopic (exact) mass is 542 g/mol. The van der Waals surface area contributed by atoms with Gasteiger partial charge in [-0.2, -0.15) is 0 Å². The first-order chi connectivity index (χ1) is 14.2. The molecule has 6 nitrogen and oxygen atoms in total. The zero-order valence-electron chi connectivity index (χ0n) is 18.4. The highest BCUT2D eigenvalue weighted by Gasteiger charge is 2.10. The van der Waals surface area contributed by atoms with Crippen molar-refractivity contribution >= 4 is 47.1 Å². The highest BCUT2D eigenvalue weighted by atomic mass is 127. The second kappa shape index (κ2) is 13.1. The zero-order chi connectivity index (χ0) is 20.5. The molecule has 3 heterocycles. The summed E-state index contributed by atoms with van der Waals surface area (Å²) in [6, 6.07) is 4.30. The number of aryl methyl sites for hydroxylation is 2. The van der Waals surface area contributed by atoms with Crippen LogP contribution in [0.25, 0.3) is 0 Å². The number of nitrogens with zero attached hydrogens (tertiary/aromatic N) is 4. The minimum atomic E-state index is 0. The van der Waals surface area contributed by atoms with Crippen molar-refractivity contribution in [1.82, 2.24) is 20.6 Å². The standard InChI is InChI=1S/C22H34N6S.HI/c1-4-23-22(24-12-11-21-27-17(2)18(3)29-21)26-16-19-9-10-20(25-15-19)28-13-7-5-6-8-14-28;/h9-10,15H,4-8,11-14,16H2,1-3H3,(H2,23,24,26);1H. The number of aliphatic imine (C=N–C) groups is 1. The van der Waals surface area contributed by atoms with E-state index in [0.717, 1.165) is 55.6 Å². The molecule has 0 saturated carbocycles. The summed E-state index contributed by atoms with van der Waals surface area (Å²) in [6.07, 6.45) is 8.10. The number of guanidine groups is 1. The second-order valence-corrected chi connectivity index (χ2v) is 8.83. The van der Waals surface area contributed by atoms with Crippen LogP contribution in [0, 0.1) is 13.8 Å². The molecular formula is C22H35IN6S. The first-order valence-corrected chi connectivity index (χ1v) is 11.6. The van der Waals surface area contributed by atoms with Crippen molar-refractivity contribution in [3.8, 4) is 0 Å². The van der Waals surface area contributed by atoms with E-state index in [1.165, 1.54) is 35.6 Å². The van der Waals surface area contributed by atoms with Gasteiger partial charge in [-0.3, -0.25) is 0 Å². The van der Waals surface area contributed by atoms with Gasteiger partial charge < -0.3 is 15.5 Å². The highest BCUT2D eigenvalue weighted by Crippen LogP contribution is 2.18. The molecule has 30 heavy (non-hydrogen) atoms. The van der Waals surface area contributed by atoms with Gasteiger partial charge in [0, 0.05) is 43.7 Å². The second-order valence-electron chi connectivity index (χ2n) is 7.55. The molecule has 1 fully saturated rings. The van der Waals surface area contributed by atoms with Crippen LogP contribution in [-0.4, -0.2) is 42.1 Å². The first kappa shape index (κ1) is 24.8. The quantitative estimate of drug-likeness (QED) is 0.308. The first-order valence-electron chi connectivity index (χ1n) is 10.8. The fraction of sp³-hybridized carbons (Fsp3) is 0.591. The molecule has 2 aromatic heterocycles. The van der Waals surface area contributed by atoms with Gasteiger partial charge >= 0.3 is 0 Å². The summed E-state index contributed by atoms with van der Waals surface area (Å²) in [5, 5.41) is 7.91. The topological polar surface area (TPSA) is 65.4 Å². The molecule has 8 heteroatoms. The Morgan fingerprint density at radius 2 is 1.90 bits per heavy atom. The highest BCUT2D eigenvalue weighted by molar-refractivity contribution is 14.0. The third-order valence-corrected chi connectivity index (χ3v) is 6.34. The molecule has 0 radical (unpaired) electrons. The Morgan fingerprint density at radius 1 is 1.13 bits per heavy atom. The molecule has 0 aliphatic carbocycles. The molecule has 0 spiro atoms. The van der Waals surface area contributed by atoms with Crippen LogP contribution in [0.1, 0.15) is 53.7 Å². The fourth-order valence-electron chi connectivity index (χ4n) is 3.44. The molecule has 166 valence electrons. The third-order valence-electron chi connectivity index (χ3n) is 5.21. The van der Waals surface area contributed by atoms with E-state index in [2.05, 4.69) is 58.4 Å². The van der Waals surface area contributed by atoms with Crippen molar-refractivity contribution in [1.29, 1.82) is 0 Å². The van der Waals surface area contributed by atoms with Gasteiger partial charge in [0.05, 0.1) is 17.2 Å². The van der Waals surface area contributed by atoms with E-state index in [4.69, 9.17) is 4.99 Å². The van der Waals surface area contributed by atoms with E-state index in [1.807, 2.05) is 6.20 Å². The van der Waals surface area contributed by atoms with Crippen LogP contribution in [0.4, 0.5) is 5.82 Å². The number of thiazole rings is 1. The molecule has 0 unspecified atom stereocenters. The van der Waals surface area contributed by atoms with E-state index >= 15 is 0 Å². The average Bonchev–Trinajstić information content (AvgIpc) is 2.91. The van der Waals surface area contributed by atoms with Crippen LogP contribution in [0.5, 0.6) is 0 Å². The summed E-state index contributed by atoms with van der Waals surface area (Å²) in [6.45, 7) is 10.8. The van der Waals surface area contributed by atoms with Crippen molar-refractivity contribution in [3.63, 3.8) is 0 Å². The van der Waals surface area contributed by atoms with E-state index in [9.17, 15) is 0 Å². The van der Waals surface area contributed by atoms with Crippen LogP contribution in [0.3, 0.4) is 0 Å². The van der Waals surface area contributed by atoms with Crippen molar-refractivity contribution in [2.45, 2.75) is 59.4 Å². The third kappa shape index (κ3) is 7.68. The maximum Gasteiger partial charge on any atom is 0.191 e. The maximum absolute atomic E-state index is 4.72. The van der Waals surface area contributed by atoms with Crippen molar-refractivity contribution in [3.05, 3.63) is 39.5 Å². The molecule has 0 aromatic carbocycles. The number of nitrogens with one attached hydrogen (secondary N) is 2. The van der Waals surface area contributed by atoms with Gasteiger partial charge in [-0.1, -0.05) is 18.9 Å². The number of hydrogen-bond donors (Lipinski definition) is 2. The molecule has 3 rings (SSSR count). The summed E-state index contributed by atoms with van der Waals surface area (Å²) in [5.41, 5.74) is 2.27. The molecule has 0 atom stereocenters. The van der Waals surface area contributed by atoms with E-state index in [1.54, 1.807) is 11.3 Å². The van der Waals surface area contributed by atoms with E-state index in [0.29, 0.717) is 6.54 Å². The zero-order valence-corrected chi connectivity index (χ0v) is 21.6. The van der Waals surface area contributed by atoms with Gasteiger partial charge in [-0.25, -0.2) is 15.0 Å². The minimum Gasteiger partial charge on any atom is -0.357 e. The van der Waals surface area contributed by atoms with Crippen LogP contribution in [0.2, 0.25) is 0 Å². The van der Waals surface area contributed by atoms with Crippen molar-refractivity contribution in [2.24, 2.45) is 4.99 Å². The summed E-state index contributed by atoms with van der Waals surface area (Å²) in [5.74, 6) is 1.94. The van der Waals surface area contributed by atoms with Gasteiger partial charge in [0.15, 0.2) is 5.96 Å². The Kier molecular flexibility index (Phi) is 10.8. The number of rotatable bonds is 7. The van der Waals surface area contributed by atoms with Gasteiger partial charge in [0.2, 0.25) is 0 Å². The molecule has 2 aromatic rings. The lowest BCUT2D eigenvalue weighted by atomic mass is 10.2. The van der Waals surface area contributed by atoms with Gasteiger partial charge in [-0.15, -0.1) is 35.3 Å². The molecule has 0 bridgehead atoms. The number of halogens is 1. The molecular weight excluding hydrogens is 507 g/mol. The lowest BCUT2D eigenvalue weighted by molar-refractivity contribution is 0.726. The number of pyridine rings is 1. The molecule has 2 N–H and O–H groups in total. The van der Waals surface area contributed by atoms with E-state index in [-0.39, 0.29) is 24.0 Å². The van der Waals surface area contributed by atoms with Crippen molar-refractivity contribution < 1.29 is 0 Å². The average molecular weight is 543 g/mol. The van der Waals surface area contributed by atoms with Gasteiger partial charge in [0.1, 0.15) is 5.82 Å². The smallest absolute Gasteiger partial charge is 0.191 e. The summed E-state index contributed by atoms with van der Waals surface area (Å²) in [4.78, 5) is 17.7. The minimum absolute atomic E-state index is 0. The lowest BCUT2D eigenvalue weighted by Gasteiger charge is -2.21. The van der Waals surface area contributed by atoms with Gasteiger partial charge in [0.25, 0.3) is 0 Å².